The molecule has 0 aliphatic carbocycles. The number of anilines is 2. The minimum absolute atomic E-state index is 0.163. The first-order valence-electron chi connectivity index (χ1n) is 8.69. The Kier molecular flexibility index (Phi) is 5.88. The Morgan fingerprint density at radius 3 is 1.77 bits per heavy atom. The predicted molar refractivity (Wildman–Crippen MR) is 104 cm³/mol. The highest BCUT2D eigenvalue weighted by Gasteiger charge is 2.12. The Morgan fingerprint density at radius 1 is 0.600 bits per heavy atom. The topological polar surface area (TPSA) is 138 Å². The molecular weight excluding hydrogens is 388 g/mol. The monoisotopic (exact) mass is 402 g/mol. The highest BCUT2D eigenvalue weighted by atomic mass is 16.4. The molecule has 3 aromatic rings. The first kappa shape index (κ1) is 20.3. The lowest BCUT2D eigenvalue weighted by atomic mass is 10.1. The molecule has 0 unspecified atom stereocenters. The van der Waals surface area contributed by atoms with Crippen molar-refractivity contribution in [3.8, 4) is 0 Å². The molecule has 8 nitrogen and oxygen atoms in total. The molecule has 150 valence electrons. The van der Waals surface area contributed by atoms with Gasteiger partial charge in [0.25, 0.3) is 11.8 Å². The van der Waals surface area contributed by atoms with Crippen molar-refractivity contribution in [1.29, 1.82) is 0 Å². The Bertz CT molecular complexity index is 1120. The summed E-state index contributed by atoms with van der Waals surface area (Å²) >= 11 is 0. The van der Waals surface area contributed by atoms with E-state index in [1.54, 1.807) is 30.3 Å². The Balaban J connectivity index is 1.75. The van der Waals surface area contributed by atoms with E-state index in [1.807, 2.05) is 0 Å². The number of nitrogens with one attached hydrogen (secondary N) is 2. The molecule has 0 saturated heterocycles. The molecule has 2 N–H and O–H groups in total. The number of carbonyl (C=O) groups is 4. The number of carboxylic acid groups (broad SMARTS) is 2. The highest BCUT2D eigenvalue weighted by Crippen LogP contribution is 2.19. The predicted octanol–water partition coefficient (Wildman–Crippen LogP) is 0.918. The lowest BCUT2D eigenvalue weighted by Gasteiger charge is -2.14. The first-order valence-corrected chi connectivity index (χ1v) is 8.69. The maximum Gasteiger partial charge on any atom is 0.255 e. The van der Waals surface area contributed by atoms with Crippen LogP contribution in [0.4, 0.5) is 11.4 Å². The standard InChI is InChI=1S/C22H16N2O6/c25-19(13-4-2-1-3-5-13)23-16-9-6-14(7-10-16)20(26)24-18-12-15(21(27)28)8-11-17(18)22(29)30/h1-12H,(H,23,25)(H,24,26)(H,27,28)(H,29,30)/p-2. The summed E-state index contributed by atoms with van der Waals surface area (Å²) in [6.45, 7) is 0. The molecule has 0 bridgehead atoms. The van der Waals surface area contributed by atoms with Crippen molar-refractivity contribution < 1.29 is 29.4 Å². The molecule has 0 radical (unpaired) electrons. The van der Waals surface area contributed by atoms with Crippen LogP contribution in [0.15, 0.2) is 72.8 Å². The van der Waals surface area contributed by atoms with Gasteiger partial charge in [0.15, 0.2) is 0 Å². The maximum absolute atomic E-state index is 12.5. The van der Waals surface area contributed by atoms with Gasteiger partial charge in [-0.15, -0.1) is 0 Å². The molecule has 0 aromatic heterocycles. The van der Waals surface area contributed by atoms with Gasteiger partial charge in [0.2, 0.25) is 0 Å². The van der Waals surface area contributed by atoms with Gasteiger partial charge in [0.1, 0.15) is 0 Å². The fourth-order valence-electron chi connectivity index (χ4n) is 2.64. The zero-order chi connectivity index (χ0) is 21.7. The summed E-state index contributed by atoms with van der Waals surface area (Å²) in [5.41, 5.74) is 0.185. The van der Waals surface area contributed by atoms with Gasteiger partial charge in [-0.3, -0.25) is 9.59 Å². The molecule has 0 saturated carbocycles. The van der Waals surface area contributed by atoms with Gasteiger partial charge in [-0.2, -0.15) is 0 Å². The Labute approximate surface area is 170 Å². The fraction of sp³-hybridized carbons (Fsp3) is 0. The summed E-state index contributed by atoms with van der Waals surface area (Å²) < 4.78 is 0. The smallest absolute Gasteiger partial charge is 0.255 e. The third kappa shape index (κ3) is 4.68. The number of amides is 2. The molecular formula is C22H14N2O6-2. The van der Waals surface area contributed by atoms with Gasteiger partial charge in [-0.25, -0.2) is 0 Å². The van der Waals surface area contributed by atoms with Crippen molar-refractivity contribution in [2.45, 2.75) is 0 Å². The van der Waals surface area contributed by atoms with E-state index in [9.17, 15) is 29.4 Å². The fourth-order valence-corrected chi connectivity index (χ4v) is 2.64. The maximum atomic E-state index is 12.5. The normalized spacial score (nSPS) is 10.1. The molecule has 0 atom stereocenters. The molecule has 0 spiro atoms. The van der Waals surface area contributed by atoms with Crippen LogP contribution in [-0.4, -0.2) is 23.8 Å². The van der Waals surface area contributed by atoms with Crippen molar-refractivity contribution in [1.82, 2.24) is 0 Å². The number of rotatable bonds is 6. The summed E-state index contributed by atoms with van der Waals surface area (Å²) in [5.74, 6) is -4.08. The van der Waals surface area contributed by atoms with Gasteiger partial charge in [0, 0.05) is 22.4 Å². The van der Waals surface area contributed by atoms with Crippen LogP contribution in [0, 0.1) is 0 Å². The number of hydrogen-bond donors (Lipinski definition) is 2. The quantitative estimate of drug-likeness (QED) is 0.629. The van der Waals surface area contributed by atoms with Crippen molar-refractivity contribution in [3.63, 3.8) is 0 Å². The third-order valence-electron chi connectivity index (χ3n) is 4.16. The van der Waals surface area contributed by atoms with Crippen molar-refractivity contribution in [3.05, 3.63) is 95.1 Å². The molecule has 0 heterocycles. The van der Waals surface area contributed by atoms with Crippen LogP contribution in [0.5, 0.6) is 0 Å². The average Bonchev–Trinajstić information content (AvgIpc) is 2.74. The highest BCUT2D eigenvalue weighted by molar-refractivity contribution is 6.09. The summed E-state index contributed by atoms with van der Waals surface area (Å²) in [6.07, 6.45) is 0. The third-order valence-corrected chi connectivity index (χ3v) is 4.16. The van der Waals surface area contributed by atoms with Crippen LogP contribution in [0.1, 0.15) is 41.4 Å². The van der Waals surface area contributed by atoms with E-state index in [-0.39, 0.29) is 28.3 Å². The molecule has 0 aliphatic heterocycles. The molecule has 2 amide bonds. The van der Waals surface area contributed by atoms with E-state index in [4.69, 9.17) is 0 Å². The van der Waals surface area contributed by atoms with Gasteiger partial charge in [-0.05, 0) is 48.0 Å². The molecule has 0 aliphatic rings. The zero-order valence-corrected chi connectivity index (χ0v) is 15.4. The van der Waals surface area contributed by atoms with Crippen molar-refractivity contribution in [2.75, 3.05) is 10.6 Å². The van der Waals surface area contributed by atoms with E-state index >= 15 is 0 Å². The molecule has 3 aromatic carbocycles. The van der Waals surface area contributed by atoms with E-state index in [0.717, 1.165) is 18.2 Å². The van der Waals surface area contributed by atoms with E-state index < -0.39 is 17.8 Å². The van der Waals surface area contributed by atoms with Crippen molar-refractivity contribution in [2.24, 2.45) is 0 Å². The SMILES string of the molecule is O=C([O-])c1ccc(C(=O)[O-])c(NC(=O)c2ccc(NC(=O)c3ccccc3)cc2)c1. The minimum Gasteiger partial charge on any atom is -0.545 e. The summed E-state index contributed by atoms with van der Waals surface area (Å²) in [4.78, 5) is 46.8. The number of hydrogen-bond acceptors (Lipinski definition) is 6. The van der Waals surface area contributed by atoms with Crippen LogP contribution >= 0.6 is 0 Å². The summed E-state index contributed by atoms with van der Waals surface area (Å²) in [5, 5.41) is 27.3. The van der Waals surface area contributed by atoms with Gasteiger partial charge < -0.3 is 30.4 Å². The largest absolute Gasteiger partial charge is 0.545 e. The Hall–Kier alpha value is -4.46. The van der Waals surface area contributed by atoms with Gasteiger partial charge in [0.05, 0.1) is 17.6 Å². The van der Waals surface area contributed by atoms with Gasteiger partial charge in [-0.1, -0.05) is 30.3 Å². The number of aromatic carboxylic acids is 2. The number of carbonyl (C=O) groups excluding carboxylic acids is 4. The summed E-state index contributed by atoms with van der Waals surface area (Å²) in [6, 6.07) is 17.5. The van der Waals surface area contributed by atoms with Crippen LogP contribution in [-0.2, 0) is 0 Å². The second-order valence-corrected chi connectivity index (χ2v) is 6.19. The number of benzene rings is 3. The van der Waals surface area contributed by atoms with E-state index in [1.165, 1.54) is 24.3 Å². The molecule has 8 heteroatoms. The van der Waals surface area contributed by atoms with Crippen LogP contribution < -0.4 is 20.8 Å². The molecule has 0 fully saturated rings. The van der Waals surface area contributed by atoms with Crippen molar-refractivity contribution >= 4 is 35.1 Å². The zero-order valence-electron chi connectivity index (χ0n) is 15.4. The second kappa shape index (κ2) is 8.70. The van der Waals surface area contributed by atoms with E-state index in [2.05, 4.69) is 10.6 Å². The lowest BCUT2D eigenvalue weighted by Crippen LogP contribution is -2.27. The average molecular weight is 402 g/mol. The van der Waals surface area contributed by atoms with Crippen LogP contribution in [0.3, 0.4) is 0 Å². The van der Waals surface area contributed by atoms with Crippen LogP contribution in [0.2, 0.25) is 0 Å². The summed E-state index contributed by atoms with van der Waals surface area (Å²) in [7, 11) is 0. The second-order valence-electron chi connectivity index (χ2n) is 6.19. The van der Waals surface area contributed by atoms with Crippen LogP contribution in [0.25, 0.3) is 0 Å². The first-order chi connectivity index (χ1) is 14.3. The van der Waals surface area contributed by atoms with E-state index in [0.29, 0.717) is 11.3 Å². The molecule has 30 heavy (non-hydrogen) atoms. The number of carboxylic acids is 2. The van der Waals surface area contributed by atoms with Gasteiger partial charge >= 0.3 is 0 Å². The Morgan fingerprint density at radius 2 is 1.17 bits per heavy atom. The minimum atomic E-state index is -1.57. The molecule has 3 rings (SSSR count). The lowest BCUT2D eigenvalue weighted by molar-refractivity contribution is -0.256.